The standard InChI is InChI=1S/C13H14N4O4/c1-7(18)14-9-6-8-11(12(17(19)20)13(9)21-2)16-5-3-4-10(16)15-8/h6H,3-5H2,1-2H3,(H,14,18). The van der Waals surface area contributed by atoms with E-state index >= 15 is 0 Å². The van der Waals surface area contributed by atoms with Crippen LogP contribution in [0, 0.1) is 10.1 Å². The molecule has 1 aliphatic heterocycles. The van der Waals surface area contributed by atoms with Crippen LogP contribution in [0.15, 0.2) is 6.07 Å². The van der Waals surface area contributed by atoms with Crippen molar-refractivity contribution < 1.29 is 14.5 Å². The van der Waals surface area contributed by atoms with Gasteiger partial charge in [-0.05, 0) is 12.5 Å². The Morgan fingerprint density at radius 3 is 2.95 bits per heavy atom. The van der Waals surface area contributed by atoms with Gasteiger partial charge in [0.1, 0.15) is 5.82 Å². The summed E-state index contributed by atoms with van der Waals surface area (Å²) in [6.45, 7) is 2.04. The molecule has 2 aromatic rings. The number of imidazole rings is 1. The third kappa shape index (κ3) is 1.99. The lowest BCUT2D eigenvalue weighted by atomic mass is 10.2. The maximum absolute atomic E-state index is 11.5. The fourth-order valence-electron chi connectivity index (χ4n) is 2.79. The molecule has 0 saturated heterocycles. The first-order valence-corrected chi connectivity index (χ1v) is 6.55. The molecule has 0 radical (unpaired) electrons. The number of fused-ring (bicyclic) bond motifs is 3. The van der Waals surface area contributed by atoms with E-state index in [1.807, 2.05) is 4.57 Å². The summed E-state index contributed by atoms with van der Waals surface area (Å²) in [6.07, 6.45) is 1.72. The Kier molecular flexibility index (Phi) is 3.00. The van der Waals surface area contributed by atoms with Crippen molar-refractivity contribution >= 4 is 28.3 Å². The molecule has 3 rings (SSSR count). The topological polar surface area (TPSA) is 99.3 Å². The molecule has 21 heavy (non-hydrogen) atoms. The average Bonchev–Trinajstić information content (AvgIpc) is 2.96. The molecule has 0 atom stereocenters. The van der Waals surface area contributed by atoms with E-state index in [0.717, 1.165) is 18.7 Å². The van der Waals surface area contributed by atoms with Crippen LogP contribution in [-0.2, 0) is 17.8 Å². The van der Waals surface area contributed by atoms with E-state index in [1.165, 1.54) is 14.0 Å². The number of amides is 1. The average molecular weight is 290 g/mol. The summed E-state index contributed by atoms with van der Waals surface area (Å²) >= 11 is 0. The Balaban J connectivity index is 2.36. The van der Waals surface area contributed by atoms with Crippen molar-refractivity contribution in [3.63, 3.8) is 0 Å². The Labute approximate surface area is 119 Å². The number of benzene rings is 1. The zero-order valence-electron chi connectivity index (χ0n) is 11.7. The molecule has 0 aliphatic carbocycles. The summed E-state index contributed by atoms with van der Waals surface area (Å²) in [4.78, 5) is 26.7. The van der Waals surface area contributed by atoms with Gasteiger partial charge in [0.25, 0.3) is 0 Å². The molecule has 8 nitrogen and oxygen atoms in total. The second-order valence-corrected chi connectivity index (χ2v) is 4.90. The van der Waals surface area contributed by atoms with Gasteiger partial charge >= 0.3 is 5.69 Å². The molecular formula is C13H14N4O4. The molecule has 1 aromatic heterocycles. The van der Waals surface area contributed by atoms with Crippen molar-refractivity contribution in [1.82, 2.24) is 9.55 Å². The lowest BCUT2D eigenvalue weighted by Gasteiger charge is -2.10. The third-order valence-corrected chi connectivity index (χ3v) is 3.52. The molecule has 0 unspecified atom stereocenters. The largest absolute Gasteiger partial charge is 0.489 e. The van der Waals surface area contributed by atoms with Crippen LogP contribution in [0.1, 0.15) is 19.2 Å². The highest BCUT2D eigenvalue weighted by molar-refractivity contribution is 5.99. The lowest BCUT2D eigenvalue weighted by Crippen LogP contribution is -2.09. The van der Waals surface area contributed by atoms with Gasteiger partial charge in [-0.1, -0.05) is 0 Å². The molecule has 2 heterocycles. The molecule has 110 valence electrons. The maximum Gasteiger partial charge on any atom is 0.338 e. The van der Waals surface area contributed by atoms with Gasteiger partial charge in [-0.3, -0.25) is 14.9 Å². The minimum Gasteiger partial charge on any atom is -0.489 e. The van der Waals surface area contributed by atoms with E-state index in [-0.39, 0.29) is 23.0 Å². The second-order valence-electron chi connectivity index (χ2n) is 4.90. The number of nitrogens with zero attached hydrogens (tertiary/aromatic N) is 3. The van der Waals surface area contributed by atoms with E-state index < -0.39 is 4.92 Å². The van der Waals surface area contributed by atoms with E-state index in [2.05, 4.69) is 10.3 Å². The highest BCUT2D eigenvalue weighted by atomic mass is 16.6. The molecule has 0 saturated carbocycles. The maximum atomic E-state index is 11.5. The van der Waals surface area contributed by atoms with Gasteiger partial charge in [-0.15, -0.1) is 0 Å². The van der Waals surface area contributed by atoms with Gasteiger partial charge in [-0.2, -0.15) is 0 Å². The number of anilines is 1. The Morgan fingerprint density at radius 1 is 1.57 bits per heavy atom. The first-order valence-electron chi connectivity index (χ1n) is 6.55. The number of ether oxygens (including phenoxy) is 1. The van der Waals surface area contributed by atoms with Crippen molar-refractivity contribution in [3.05, 3.63) is 22.0 Å². The molecular weight excluding hydrogens is 276 g/mol. The number of hydrogen-bond acceptors (Lipinski definition) is 5. The summed E-state index contributed by atoms with van der Waals surface area (Å²) < 4.78 is 7.03. The molecule has 1 aromatic carbocycles. The van der Waals surface area contributed by atoms with Crippen molar-refractivity contribution in [3.8, 4) is 5.75 Å². The van der Waals surface area contributed by atoms with Crippen LogP contribution in [0.3, 0.4) is 0 Å². The van der Waals surface area contributed by atoms with Crippen molar-refractivity contribution in [1.29, 1.82) is 0 Å². The number of nitrogens with one attached hydrogen (secondary N) is 1. The van der Waals surface area contributed by atoms with Gasteiger partial charge in [0.2, 0.25) is 11.7 Å². The smallest absolute Gasteiger partial charge is 0.338 e. The third-order valence-electron chi connectivity index (χ3n) is 3.52. The van der Waals surface area contributed by atoms with Crippen LogP contribution in [0.2, 0.25) is 0 Å². The molecule has 0 fully saturated rings. The normalized spacial score (nSPS) is 13.2. The quantitative estimate of drug-likeness (QED) is 0.687. The first kappa shape index (κ1) is 13.3. The molecule has 1 N–H and O–H groups in total. The second kappa shape index (κ2) is 4.72. The highest BCUT2D eigenvalue weighted by Gasteiger charge is 2.30. The summed E-state index contributed by atoms with van der Waals surface area (Å²) in [5.41, 5.74) is 1.07. The predicted molar refractivity (Wildman–Crippen MR) is 75.6 cm³/mol. The zero-order chi connectivity index (χ0) is 15.1. The number of hydrogen-bond donors (Lipinski definition) is 1. The van der Waals surface area contributed by atoms with Crippen molar-refractivity contribution in [2.75, 3.05) is 12.4 Å². The number of rotatable bonds is 3. The number of carbonyl (C=O) groups excluding carboxylic acids is 1. The van der Waals surface area contributed by atoms with Crippen molar-refractivity contribution in [2.24, 2.45) is 0 Å². The van der Waals surface area contributed by atoms with Crippen LogP contribution in [0.25, 0.3) is 11.0 Å². The fourth-order valence-corrected chi connectivity index (χ4v) is 2.79. The van der Waals surface area contributed by atoms with E-state index in [9.17, 15) is 14.9 Å². The molecule has 0 bridgehead atoms. The van der Waals surface area contributed by atoms with E-state index in [1.54, 1.807) is 6.07 Å². The van der Waals surface area contributed by atoms with Crippen LogP contribution in [0.5, 0.6) is 5.75 Å². The summed E-state index contributed by atoms with van der Waals surface area (Å²) in [7, 11) is 1.35. The molecule has 1 amide bonds. The number of nitro benzene ring substituents is 1. The Hall–Kier alpha value is -2.64. The number of methoxy groups -OCH3 is 1. The number of nitro groups is 1. The van der Waals surface area contributed by atoms with Crippen LogP contribution < -0.4 is 10.1 Å². The van der Waals surface area contributed by atoms with Gasteiger partial charge in [0, 0.05) is 19.9 Å². The molecule has 1 aliphatic rings. The first-order chi connectivity index (χ1) is 10.0. The van der Waals surface area contributed by atoms with Crippen LogP contribution in [0.4, 0.5) is 11.4 Å². The minimum atomic E-state index is -0.486. The van der Waals surface area contributed by atoms with Gasteiger partial charge in [0.15, 0.2) is 5.52 Å². The van der Waals surface area contributed by atoms with Gasteiger partial charge in [0.05, 0.1) is 23.2 Å². The predicted octanol–water partition coefficient (Wildman–Crippen LogP) is 1.86. The lowest BCUT2D eigenvalue weighted by molar-refractivity contribution is -0.384. The Bertz CT molecular complexity index is 765. The van der Waals surface area contributed by atoms with E-state index in [4.69, 9.17) is 4.74 Å². The fraction of sp³-hybridized carbons (Fsp3) is 0.385. The van der Waals surface area contributed by atoms with Crippen LogP contribution in [-0.4, -0.2) is 27.5 Å². The van der Waals surface area contributed by atoms with Gasteiger partial charge in [-0.25, -0.2) is 4.98 Å². The summed E-state index contributed by atoms with van der Waals surface area (Å²) in [5, 5.41) is 14.1. The number of aryl methyl sites for hydroxylation is 2. The molecule has 8 heteroatoms. The summed E-state index contributed by atoms with van der Waals surface area (Å²) in [6, 6.07) is 1.62. The summed E-state index contributed by atoms with van der Waals surface area (Å²) in [5.74, 6) is 0.557. The monoisotopic (exact) mass is 290 g/mol. The van der Waals surface area contributed by atoms with Crippen LogP contribution >= 0.6 is 0 Å². The highest BCUT2D eigenvalue weighted by Crippen LogP contribution is 2.42. The SMILES string of the molecule is COc1c(NC(C)=O)cc2nc3n(c2c1[N+](=O)[O-])CCC3. The van der Waals surface area contributed by atoms with Gasteiger partial charge < -0.3 is 14.6 Å². The van der Waals surface area contributed by atoms with Crippen molar-refractivity contribution in [2.45, 2.75) is 26.3 Å². The van der Waals surface area contributed by atoms with E-state index in [0.29, 0.717) is 17.6 Å². The number of aromatic nitrogens is 2. The minimum absolute atomic E-state index is 0.0531. The Morgan fingerprint density at radius 2 is 2.33 bits per heavy atom. The zero-order valence-corrected chi connectivity index (χ0v) is 11.7. The number of carbonyl (C=O) groups is 1. The molecule has 0 spiro atoms.